The number of hydrogen-bond acceptors (Lipinski definition) is 4. The van der Waals surface area contributed by atoms with Crippen LogP contribution in [0.2, 0.25) is 0 Å². The van der Waals surface area contributed by atoms with Gasteiger partial charge in [0.25, 0.3) is 5.91 Å². The zero-order chi connectivity index (χ0) is 23.4. The van der Waals surface area contributed by atoms with Gasteiger partial charge in [0.05, 0.1) is 7.11 Å². The Morgan fingerprint density at radius 3 is 2.06 bits per heavy atom. The van der Waals surface area contributed by atoms with Gasteiger partial charge in [-0.2, -0.15) is 0 Å². The number of amides is 3. The molecule has 3 aromatic carbocycles. The maximum Gasteiger partial charge on any atom is 0.254 e. The molecule has 7 nitrogen and oxygen atoms in total. The quantitative estimate of drug-likeness (QED) is 0.613. The van der Waals surface area contributed by atoms with Crippen molar-refractivity contribution in [1.82, 2.24) is 4.90 Å². The summed E-state index contributed by atoms with van der Waals surface area (Å²) in [6.07, 6.45) is 1.21. The van der Waals surface area contributed by atoms with E-state index in [4.69, 9.17) is 4.74 Å². The predicted molar refractivity (Wildman–Crippen MR) is 129 cm³/mol. The third kappa shape index (κ3) is 4.98. The van der Waals surface area contributed by atoms with Crippen molar-refractivity contribution in [2.75, 3.05) is 30.8 Å². The third-order valence-corrected chi connectivity index (χ3v) is 5.96. The Hall–Kier alpha value is -3.87. The number of carbonyl (C=O) groups is 3. The molecule has 2 N–H and O–H groups in total. The molecule has 1 heterocycles. The van der Waals surface area contributed by atoms with E-state index in [9.17, 15) is 14.4 Å². The molecular weight excluding hydrogens is 418 g/mol. The lowest BCUT2D eigenvalue weighted by Gasteiger charge is -2.31. The minimum Gasteiger partial charge on any atom is -0.496 e. The Bertz CT molecular complexity index is 1180. The first kappa shape index (κ1) is 22.3. The second-order valence-electron chi connectivity index (χ2n) is 8.18. The van der Waals surface area contributed by atoms with Gasteiger partial charge in [-0.25, -0.2) is 0 Å². The molecule has 1 saturated heterocycles. The van der Waals surface area contributed by atoms with E-state index in [1.807, 2.05) is 41.3 Å². The summed E-state index contributed by atoms with van der Waals surface area (Å²) >= 11 is 0. The number of methoxy groups -OCH3 is 1. The summed E-state index contributed by atoms with van der Waals surface area (Å²) in [7, 11) is 1.62. The fourth-order valence-corrected chi connectivity index (χ4v) is 4.24. The molecule has 33 heavy (non-hydrogen) atoms. The van der Waals surface area contributed by atoms with E-state index in [1.165, 1.54) is 6.92 Å². The Morgan fingerprint density at radius 1 is 0.848 bits per heavy atom. The fraction of sp³-hybridized carbons (Fsp3) is 0.269. The second kappa shape index (κ2) is 9.73. The van der Waals surface area contributed by atoms with E-state index in [1.54, 1.807) is 31.4 Å². The number of fused-ring (bicyclic) bond motifs is 1. The van der Waals surface area contributed by atoms with Crippen LogP contribution in [-0.4, -0.2) is 42.8 Å². The molecule has 0 spiro atoms. The summed E-state index contributed by atoms with van der Waals surface area (Å²) in [4.78, 5) is 38.9. The van der Waals surface area contributed by atoms with Crippen LogP contribution in [0.5, 0.6) is 5.75 Å². The van der Waals surface area contributed by atoms with Gasteiger partial charge in [-0.05, 0) is 54.6 Å². The number of ether oxygens (including phenoxy) is 1. The molecule has 0 radical (unpaired) electrons. The normalized spacial score (nSPS) is 14.1. The topological polar surface area (TPSA) is 87.7 Å². The molecule has 7 heteroatoms. The predicted octanol–water partition coefficient (Wildman–Crippen LogP) is 4.30. The molecule has 0 unspecified atom stereocenters. The molecule has 4 rings (SSSR count). The summed E-state index contributed by atoms with van der Waals surface area (Å²) < 4.78 is 5.43. The number of carbonyl (C=O) groups excluding carboxylic acids is 3. The Kier molecular flexibility index (Phi) is 6.58. The summed E-state index contributed by atoms with van der Waals surface area (Å²) in [5.74, 6) is 0.362. The van der Waals surface area contributed by atoms with Crippen LogP contribution in [0.1, 0.15) is 30.1 Å². The van der Waals surface area contributed by atoms with Crippen molar-refractivity contribution in [1.29, 1.82) is 0 Å². The highest BCUT2D eigenvalue weighted by molar-refractivity contribution is 6.08. The molecule has 0 bridgehead atoms. The maximum atomic E-state index is 13.2. The van der Waals surface area contributed by atoms with Crippen LogP contribution < -0.4 is 15.4 Å². The number of anilines is 2. The van der Waals surface area contributed by atoms with Crippen LogP contribution in [0.15, 0.2) is 60.7 Å². The lowest BCUT2D eigenvalue weighted by atomic mass is 9.94. The van der Waals surface area contributed by atoms with Gasteiger partial charge in [-0.1, -0.05) is 24.3 Å². The van der Waals surface area contributed by atoms with Crippen molar-refractivity contribution < 1.29 is 19.1 Å². The summed E-state index contributed by atoms with van der Waals surface area (Å²) in [6.45, 7) is 2.50. The van der Waals surface area contributed by atoms with Crippen LogP contribution in [0.25, 0.3) is 10.8 Å². The van der Waals surface area contributed by atoms with E-state index < -0.39 is 0 Å². The number of nitrogens with one attached hydrogen (secondary N) is 2. The van der Waals surface area contributed by atoms with Crippen LogP contribution >= 0.6 is 0 Å². The monoisotopic (exact) mass is 445 g/mol. The zero-order valence-electron chi connectivity index (χ0n) is 18.8. The Balaban J connectivity index is 1.38. The highest BCUT2D eigenvalue weighted by atomic mass is 16.5. The number of hydrogen-bond donors (Lipinski definition) is 2. The van der Waals surface area contributed by atoms with Gasteiger partial charge < -0.3 is 20.3 Å². The van der Waals surface area contributed by atoms with E-state index >= 15 is 0 Å². The highest BCUT2D eigenvalue weighted by Crippen LogP contribution is 2.30. The molecule has 3 amide bonds. The molecule has 0 aliphatic carbocycles. The van der Waals surface area contributed by atoms with E-state index in [0.717, 1.165) is 16.5 Å². The molecular formula is C26H27N3O4. The maximum absolute atomic E-state index is 13.2. The van der Waals surface area contributed by atoms with Crippen molar-refractivity contribution >= 4 is 39.9 Å². The molecule has 0 aromatic heterocycles. The van der Waals surface area contributed by atoms with Gasteiger partial charge in [0.1, 0.15) is 5.75 Å². The van der Waals surface area contributed by atoms with Gasteiger partial charge in [0.2, 0.25) is 11.8 Å². The molecule has 1 fully saturated rings. The number of benzene rings is 3. The molecule has 1 aliphatic heterocycles. The minimum atomic E-state index is -0.156. The van der Waals surface area contributed by atoms with Crippen molar-refractivity contribution in [2.24, 2.45) is 5.92 Å². The van der Waals surface area contributed by atoms with Crippen LogP contribution in [0.4, 0.5) is 11.4 Å². The zero-order valence-corrected chi connectivity index (χ0v) is 18.8. The van der Waals surface area contributed by atoms with Crippen molar-refractivity contribution in [3.05, 3.63) is 66.2 Å². The van der Waals surface area contributed by atoms with Gasteiger partial charge >= 0.3 is 0 Å². The number of nitrogens with zero attached hydrogens (tertiary/aromatic N) is 1. The third-order valence-electron chi connectivity index (χ3n) is 5.96. The standard InChI is InChI=1S/C26H27N3O4/c1-17(30)27-19-7-9-20(10-8-19)28-25(31)18-13-15-29(16-14-18)26(32)23-11-12-24(33-2)22-6-4-3-5-21(22)23/h3-12,18H,13-16H2,1-2H3,(H,27,30)(H,28,31). The Morgan fingerprint density at radius 2 is 1.45 bits per heavy atom. The van der Waals surface area contributed by atoms with Crippen LogP contribution in [0.3, 0.4) is 0 Å². The smallest absolute Gasteiger partial charge is 0.254 e. The van der Waals surface area contributed by atoms with Crippen molar-refractivity contribution in [3.63, 3.8) is 0 Å². The van der Waals surface area contributed by atoms with Crippen LogP contribution in [-0.2, 0) is 9.59 Å². The lowest BCUT2D eigenvalue weighted by Crippen LogP contribution is -2.41. The number of rotatable bonds is 5. The van der Waals surface area contributed by atoms with Gasteiger partial charge in [0.15, 0.2) is 0 Å². The second-order valence-corrected chi connectivity index (χ2v) is 8.18. The van der Waals surface area contributed by atoms with E-state index in [2.05, 4.69) is 10.6 Å². The van der Waals surface area contributed by atoms with Crippen molar-refractivity contribution in [2.45, 2.75) is 19.8 Å². The lowest BCUT2D eigenvalue weighted by molar-refractivity contribution is -0.121. The summed E-state index contributed by atoms with van der Waals surface area (Å²) in [5.41, 5.74) is 2.00. The number of likely N-dealkylation sites (tertiary alicyclic amines) is 1. The average Bonchev–Trinajstić information content (AvgIpc) is 2.84. The van der Waals surface area contributed by atoms with Crippen LogP contribution in [0, 0.1) is 5.92 Å². The summed E-state index contributed by atoms with van der Waals surface area (Å²) in [5, 5.41) is 7.41. The fourth-order valence-electron chi connectivity index (χ4n) is 4.24. The molecule has 170 valence electrons. The highest BCUT2D eigenvalue weighted by Gasteiger charge is 2.28. The first-order valence-corrected chi connectivity index (χ1v) is 11.0. The van der Waals surface area contributed by atoms with E-state index in [0.29, 0.717) is 42.9 Å². The molecule has 0 atom stereocenters. The SMILES string of the molecule is COc1ccc(C(=O)N2CCC(C(=O)Nc3ccc(NC(C)=O)cc3)CC2)c2ccccc12. The summed E-state index contributed by atoms with van der Waals surface area (Å²) in [6, 6.07) is 18.4. The first-order valence-electron chi connectivity index (χ1n) is 11.0. The largest absolute Gasteiger partial charge is 0.496 e. The van der Waals surface area contributed by atoms with E-state index in [-0.39, 0.29) is 23.6 Å². The molecule has 1 aliphatic rings. The average molecular weight is 446 g/mol. The molecule has 3 aromatic rings. The van der Waals surface area contributed by atoms with Crippen molar-refractivity contribution in [3.8, 4) is 5.75 Å². The van der Waals surface area contributed by atoms with Gasteiger partial charge in [-0.15, -0.1) is 0 Å². The van der Waals surface area contributed by atoms with Gasteiger partial charge in [-0.3, -0.25) is 14.4 Å². The minimum absolute atomic E-state index is 0.0266. The molecule has 0 saturated carbocycles. The van der Waals surface area contributed by atoms with Gasteiger partial charge in [0, 0.05) is 48.3 Å². The number of piperidine rings is 1. The Labute approximate surface area is 192 Å². The first-order chi connectivity index (χ1) is 16.0.